The minimum absolute atomic E-state index is 0.00146. The average Bonchev–Trinajstić information content (AvgIpc) is 3.37. The van der Waals surface area contributed by atoms with Crippen molar-refractivity contribution >= 4 is 39.1 Å². The number of carbonyl (C=O) groups is 1. The van der Waals surface area contributed by atoms with Crippen LogP contribution in [-0.4, -0.2) is 34.2 Å². The summed E-state index contributed by atoms with van der Waals surface area (Å²) in [6, 6.07) is 10.4. The van der Waals surface area contributed by atoms with Gasteiger partial charge in [0.15, 0.2) is 0 Å². The van der Waals surface area contributed by atoms with E-state index in [0.717, 1.165) is 44.8 Å². The summed E-state index contributed by atoms with van der Waals surface area (Å²) in [5, 5.41) is 16.0. The summed E-state index contributed by atoms with van der Waals surface area (Å²) in [7, 11) is 1.87. The maximum Gasteiger partial charge on any atom is 0.230 e. The van der Waals surface area contributed by atoms with Gasteiger partial charge < -0.3 is 16.4 Å². The zero-order chi connectivity index (χ0) is 20.1. The van der Waals surface area contributed by atoms with Crippen LogP contribution in [0.15, 0.2) is 42.7 Å². The first kappa shape index (κ1) is 17.6. The number of nitrogens with one attached hydrogen (secondary N) is 3. The molecule has 1 fully saturated rings. The van der Waals surface area contributed by atoms with Crippen LogP contribution in [0.4, 0.5) is 11.5 Å². The molecule has 0 bridgehead atoms. The summed E-state index contributed by atoms with van der Waals surface area (Å²) in [6.07, 6.45) is 4.40. The third kappa shape index (κ3) is 3.09. The summed E-state index contributed by atoms with van der Waals surface area (Å²) in [6.45, 7) is 2.07. The molecule has 2 atom stereocenters. The second-order valence-electron chi connectivity index (χ2n) is 7.71. The van der Waals surface area contributed by atoms with Crippen LogP contribution >= 0.6 is 0 Å². The van der Waals surface area contributed by atoms with Crippen LogP contribution in [0.2, 0.25) is 0 Å². The number of carbonyl (C=O) groups excluding carboxylic acids is 1. The lowest BCUT2D eigenvalue weighted by atomic mass is 9.96. The molecule has 0 aliphatic heterocycles. The van der Waals surface area contributed by atoms with Gasteiger partial charge in [0.2, 0.25) is 5.91 Å². The lowest BCUT2D eigenvalue weighted by molar-refractivity contribution is -0.117. The first-order valence-corrected chi connectivity index (χ1v) is 9.65. The number of pyridine rings is 1. The van der Waals surface area contributed by atoms with Crippen molar-refractivity contribution < 1.29 is 4.79 Å². The van der Waals surface area contributed by atoms with Crippen LogP contribution < -0.4 is 16.4 Å². The van der Waals surface area contributed by atoms with E-state index >= 15 is 0 Å². The quantitative estimate of drug-likeness (QED) is 0.403. The van der Waals surface area contributed by atoms with Crippen LogP contribution in [0.25, 0.3) is 32.8 Å². The number of aromatic nitrogens is 3. The molecule has 2 aromatic heterocycles. The number of nitrogens with zero attached hydrogens (tertiary/aromatic N) is 2. The number of nitrogens with two attached hydrogens (primary N) is 1. The summed E-state index contributed by atoms with van der Waals surface area (Å²) in [5.74, 6) is 0.558. The molecule has 1 unspecified atom stereocenters. The van der Waals surface area contributed by atoms with Gasteiger partial charge in [-0.3, -0.25) is 9.89 Å². The van der Waals surface area contributed by atoms with Crippen LogP contribution in [0.5, 0.6) is 0 Å². The Labute approximate surface area is 167 Å². The topological polar surface area (TPSA) is 109 Å². The number of rotatable bonds is 4. The number of benzene rings is 2. The Morgan fingerprint density at radius 3 is 2.83 bits per heavy atom. The van der Waals surface area contributed by atoms with Crippen molar-refractivity contribution in [3.63, 3.8) is 0 Å². The predicted octanol–water partition coefficient (Wildman–Crippen LogP) is 3.22. The number of aryl methyl sites for hydroxylation is 1. The highest BCUT2D eigenvalue weighted by atomic mass is 16.2. The fourth-order valence-corrected chi connectivity index (χ4v) is 3.94. The summed E-state index contributed by atoms with van der Waals surface area (Å²) in [4.78, 5) is 16.7. The third-order valence-corrected chi connectivity index (χ3v) is 5.71. The first-order chi connectivity index (χ1) is 14.0. The second kappa shape index (κ2) is 6.56. The molecular weight excluding hydrogens is 364 g/mol. The van der Waals surface area contributed by atoms with E-state index in [1.54, 1.807) is 6.20 Å². The Hall–Kier alpha value is -3.45. The number of H-pyrrole nitrogens is 1. The molecule has 7 nitrogen and oxygen atoms in total. The van der Waals surface area contributed by atoms with Gasteiger partial charge in [-0.1, -0.05) is 0 Å². The Morgan fingerprint density at radius 2 is 2.03 bits per heavy atom. The number of hydrogen-bond acceptors (Lipinski definition) is 5. The van der Waals surface area contributed by atoms with Crippen molar-refractivity contribution in [2.24, 2.45) is 5.92 Å². The van der Waals surface area contributed by atoms with E-state index in [-0.39, 0.29) is 17.9 Å². The molecule has 146 valence electrons. The Kier molecular flexibility index (Phi) is 3.99. The van der Waals surface area contributed by atoms with E-state index in [9.17, 15) is 4.79 Å². The van der Waals surface area contributed by atoms with Gasteiger partial charge >= 0.3 is 0 Å². The highest BCUT2D eigenvalue weighted by Gasteiger charge is 2.41. The van der Waals surface area contributed by atoms with Gasteiger partial charge in [0, 0.05) is 28.7 Å². The zero-order valence-corrected chi connectivity index (χ0v) is 16.3. The van der Waals surface area contributed by atoms with Crippen molar-refractivity contribution in [1.82, 2.24) is 20.5 Å². The molecule has 2 heterocycles. The van der Waals surface area contributed by atoms with Crippen LogP contribution in [0, 0.1) is 12.8 Å². The summed E-state index contributed by atoms with van der Waals surface area (Å²) < 4.78 is 0. The molecule has 0 spiro atoms. The van der Waals surface area contributed by atoms with E-state index in [0.29, 0.717) is 11.5 Å². The highest BCUT2D eigenvalue weighted by molar-refractivity contribution is 6.01. The number of aromatic amines is 1. The van der Waals surface area contributed by atoms with Gasteiger partial charge in [-0.05, 0) is 72.8 Å². The Balaban J connectivity index is 1.53. The second-order valence-corrected chi connectivity index (χ2v) is 7.71. The van der Waals surface area contributed by atoms with E-state index in [1.807, 2.05) is 25.4 Å². The Bertz CT molecular complexity index is 1260. The monoisotopic (exact) mass is 386 g/mol. The van der Waals surface area contributed by atoms with Gasteiger partial charge in [0.25, 0.3) is 0 Å². The van der Waals surface area contributed by atoms with Gasteiger partial charge in [0.1, 0.15) is 5.82 Å². The molecule has 1 aliphatic carbocycles. The lowest BCUT2D eigenvalue weighted by Crippen LogP contribution is -2.21. The fraction of sp³-hybridized carbons (Fsp3) is 0.227. The molecular formula is C22H22N6O. The van der Waals surface area contributed by atoms with Gasteiger partial charge in [-0.2, -0.15) is 5.10 Å². The molecule has 4 aromatic rings. The Morgan fingerprint density at radius 1 is 1.17 bits per heavy atom. The first-order valence-electron chi connectivity index (χ1n) is 9.65. The standard InChI is InChI=1S/C22H22N6O/c1-11-3-19-14(9-26-28-19)5-15(11)12-4-13-7-21(25-10-17(13)18(23)6-12)27-22(29)16-8-20(16)24-2/h3-7,9-10,16,20,24H,8,23H2,1-2H3,(H,26,28)(H,25,27,29)/t16?,20-/m1/s1. The molecule has 0 saturated heterocycles. The van der Waals surface area contributed by atoms with Crippen LogP contribution in [0.3, 0.4) is 0 Å². The van der Waals surface area contributed by atoms with Crippen molar-refractivity contribution in [1.29, 1.82) is 0 Å². The predicted molar refractivity (Wildman–Crippen MR) is 116 cm³/mol. The molecule has 7 heteroatoms. The van der Waals surface area contributed by atoms with Crippen LogP contribution in [0.1, 0.15) is 12.0 Å². The molecule has 1 saturated carbocycles. The number of anilines is 2. The fourth-order valence-electron chi connectivity index (χ4n) is 3.94. The molecule has 5 N–H and O–H groups in total. The normalized spacial score (nSPS) is 18.3. The molecule has 1 aliphatic rings. The molecule has 29 heavy (non-hydrogen) atoms. The zero-order valence-electron chi connectivity index (χ0n) is 16.3. The SMILES string of the molecule is CN[C@@H]1CC1C(=O)Nc1cc2cc(-c3cc4cn[nH]c4cc3C)cc(N)c2cn1. The summed E-state index contributed by atoms with van der Waals surface area (Å²) in [5.41, 5.74) is 11.3. The van der Waals surface area contributed by atoms with E-state index in [1.165, 1.54) is 0 Å². The minimum Gasteiger partial charge on any atom is -0.398 e. The van der Waals surface area contributed by atoms with E-state index in [4.69, 9.17) is 5.73 Å². The average molecular weight is 386 g/mol. The molecule has 1 amide bonds. The van der Waals surface area contributed by atoms with Crippen molar-refractivity contribution in [3.8, 4) is 11.1 Å². The number of hydrogen-bond donors (Lipinski definition) is 4. The highest BCUT2D eigenvalue weighted by Crippen LogP contribution is 2.34. The van der Waals surface area contributed by atoms with Crippen LogP contribution in [-0.2, 0) is 4.79 Å². The number of amides is 1. The largest absolute Gasteiger partial charge is 0.398 e. The van der Waals surface area contributed by atoms with Gasteiger partial charge in [-0.25, -0.2) is 4.98 Å². The molecule has 0 radical (unpaired) electrons. The maximum atomic E-state index is 12.4. The third-order valence-electron chi connectivity index (χ3n) is 5.71. The van der Waals surface area contributed by atoms with E-state index in [2.05, 4.69) is 50.9 Å². The summed E-state index contributed by atoms with van der Waals surface area (Å²) >= 11 is 0. The maximum absolute atomic E-state index is 12.4. The van der Waals surface area contributed by atoms with E-state index < -0.39 is 0 Å². The smallest absolute Gasteiger partial charge is 0.230 e. The van der Waals surface area contributed by atoms with Gasteiger partial charge in [0.05, 0.1) is 17.6 Å². The minimum atomic E-state index is 0.00146. The number of fused-ring (bicyclic) bond motifs is 2. The van der Waals surface area contributed by atoms with Gasteiger partial charge in [-0.15, -0.1) is 0 Å². The molecule has 5 rings (SSSR count). The lowest BCUT2D eigenvalue weighted by Gasteiger charge is -2.11. The van der Waals surface area contributed by atoms with Crippen molar-refractivity contribution in [2.75, 3.05) is 18.1 Å². The number of nitrogen functional groups attached to an aromatic ring is 1. The van der Waals surface area contributed by atoms with Crippen molar-refractivity contribution in [2.45, 2.75) is 19.4 Å². The van der Waals surface area contributed by atoms with Crippen molar-refractivity contribution in [3.05, 3.63) is 48.3 Å². The molecule has 2 aromatic carbocycles.